The van der Waals surface area contributed by atoms with Crippen molar-refractivity contribution in [2.24, 2.45) is 0 Å². The zero-order valence-corrected chi connectivity index (χ0v) is 11.4. The molecule has 3 nitrogen and oxygen atoms in total. The molecule has 0 bridgehead atoms. The van der Waals surface area contributed by atoms with Gasteiger partial charge in [0.25, 0.3) is 0 Å². The molecule has 19 heavy (non-hydrogen) atoms. The smallest absolute Gasteiger partial charge is 0.338 e. The number of esters is 1. The summed E-state index contributed by atoms with van der Waals surface area (Å²) in [7, 11) is 0. The molecule has 2 rings (SSSR count). The van der Waals surface area contributed by atoms with E-state index in [2.05, 4.69) is 0 Å². The molecule has 0 aliphatic carbocycles. The van der Waals surface area contributed by atoms with Crippen molar-refractivity contribution in [1.29, 1.82) is 0 Å². The summed E-state index contributed by atoms with van der Waals surface area (Å²) in [6, 6.07) is 11.6. The quantitative estimate of drug-likeness (QED) is 0.689. The molecule has 2 aromatic carbocycles. The first-order valence-corrected chi connectivity index (χ1v) is 6.28. The van der Waals surface area contributed by atoms with Gasteiger partial charge in [-0.25, -0.2) is 4.79 Å². The second-order valence-electron chi connectivity index (χ2n) is 3.94. The lowest BCUT2D eigenvalue weighted by molar-refractivity contribution is 0.0473. The summed E-state index contributed by atoms with van der Waals surface area (Å²) in [5.41, 5.74) is 7.17. The number of rotatable bonds is 3. The first-order valence-electron chi connectivity index (χ1n) is 5.53. The van der Waals surface area contributed by atoms with Crippen LogP contribution in [-0.2, 0) is 11.3 Å². The van der Waals surface area contributed by atoms with E-state index in [9.17, 15) is 4.79 Å². The minimum atomic E-state index is -0.455. The van der Waals surface area contributed by atoms with E-state index in [4.69, 9.17) is 33.7 Å². The van der Waals surface area contributed by atoms with Gasteiger partial charge in [0, 0.05) is 21.3 Å². The highest BCUT2D eigenvalue weighted by atomic mass is 35.5. The van der Waals surface area contributed by atoms with Gasteiger partial charge in [-0.2, -0.15) is 0 Å². The average Bonchev–Trinajstić information content (AvgIpc) is 2.39. The van der Waals surface area contributed by atoms with Crippen molar-refractivity contribution in [3.8, 4) is 0 Å². The van der Waals surface area contributed by atoms with Crippen molar-refractivity contribution in [1.82, 2.24) is 0 Å². The third kappa shape index (κ3) is 3.63. The van der Waals surface area contributed by atoms with Gasteiger partial charge in [0.05, 0.1) is 5.56 Å². The maximum absolute atomic E-state index is 11.8. The molecular formula is C14H11Cl2NO2. The van der Waals surface area contributed by atoms with E-state index in [1.54, 1.807) is 42.5 Å². The van der Waals surface area contributed by atoms with E-state index in [1.807, 2.05) is 0 Å². The summed E-state index contributed by atoms with van der Waals surface area (Å²) in [6.07, 6.45) is 0. The van der Waals surface area contributed by atoms with Gasteiger partial charge in [0.15, 0.2) is 0 Å². The number of nitrogen functional groups attached to an aromatic ring is 1. The number of halogens is 2. The Bertz CT molecular complexity index is 614. The van der Waals surface area contributed by atoms with Crippen molar-refractivity contribution >= 4 is 34.9 Å². The number of nitrogens with two attached hydrogens (primary N) is 1. The fourth-order valence-electron chi connectivity index (χ4n) is 1.55. The molecule has 0 aliphatic heterocycles. The molecule has 5 heteroatoms. The minimum Gasteiger partial charge on any atom is -0.457 e. The Hall–Kier alpha value is -1.71. The predicted molar refractivity (Wildman–Crippen MR) is 76.4 cm³/mol. The first kappa shape index (κ1) is 13.7. The molecule has 0 heterocycles. The van der Waals surface area contributed by atoms with Crippen molar-refractivity contribution < 1.29 is 9.53 Å². The standard InChI is InChI=1S/C14H11Cl2NO2/c15-11-4-5-13(16)10(6-11)8-19-14(18)9-2-1-3-12(17)7-9/h1-7H,8,17H2. The zero-order chi connectivity index (χ0) is 13.8. The van der Waals surface area contributed by atoms with Crippen LogP contribution in [0.4, 0.5) is 5.69 Å². The van der Waals surface area contributed by atoms with E-state index >= 15 is 0 Å². The van der Waals surface area contributed by atoms with Crippen LogP contribution in [0.2, 0.25) is 10.0 Å². The van der Waals surface area contributed by atoms with Crippen LogP contribution in [0.1, 0.15) is 15.9 Å². The van der Waals surface area contributed by atoms with Crippen LogP contribution < -0.4 is 5.73 Å². The molecule has 0 saturated carbocycles. The minimum absolute atomic E-state index is 0.0625. The van der Waals surface area contributed by atoms with Crippen LogP contribution in [0.15, 0.2) is 42.5 Å². The van der Waals surface area contributed by atoms with Crippen LogP contribution in [0.5, 0.6) is 0 Å². The van der Waals surface area contributed by atoms with Gasteiger partial charge in [-0.15, -0.1) is 0 Å². The van der Waals surface area contributed by atoms with Crippen molar-refractivity contribution in [3.63, 3.8) is 0 Å². The van der Waals surface area contributed by atoms with Crippen LogP contribution in [0.3, 0.4) is 0 Å². The van der Waals surface area contributed by atoms with Crippen LogP contribution in [0, 0.1) is 0 Å². The van der Waals surface area contributed by atoms with E-state index < -0.39 is 5.97 Å². The Kier molecular flexibility index (Phi) is 4.30. The van der Waals surface area contributed by atoms with Gasteiger partial charge in [-0.3, -0.25) is 0 Å². The highest BCUT2D eigenvalue weighted by Gasteiger charge is 2.09. The third-order valence-corrected chi connectivity index (χ3v) is 3.09. The lowest BCUT2D eigenvalue weighted by atomic mass is 10.2. The molecule has 0 saturated heterocycles. The molecule has 98 valence electrons. The molecule has 0 aliphatic rings. The summed E-state index contributed by atoms with van der Waals surface area (Å²) in [4.78, 5) is 11.8. The largest absolute Gasteiger partial charge is 0.457 e. The highest BCUT2D eigenvalue weighted by molar-refractivity contribution is 6.33. The molecule has 0 radical (unpaired) electrons. The lowest BCUT2D eigenvalue weighted by Crippen LogP contribution is -2.06. The van der Waals surface area contributed by atoms with Gasteiger partial charge in [-0.05, 0) is 36.4 Å². The van der Waals surface area contributed by atoms with Crippen LogP contribution in [0.25, 0.3) is 0 Å². The lowest BCUT2D eigenvalue weighted by Gasteiger charge is -2.07. The number of carbonyl (C=O) groups excluding carboxylic acids is 1. The van der Waals surface area contributed by atoms with Gasteiger partial charge >= 0.3 is 5.97 Å². The molecule has 2 N–H and O–H groups in total. The number of benzene rings is 2. The summed E-state index contributed by atoms with van der Waals surface area (Å²) >= 11 is 11.8. The number of hydrogen-bond donors (Lipinski definition) is 1. The Morgan fingerprint density at radius 3 is 2.68 bits per heavy atom. The Labute approximate surface area is 120 Å². The fraction of sp³-hybridized carbons (Fsp3) is 0.0714. The summed E-state index contributed by atoms with van der Waals surface area (Å²) < 4.78 is 5.17. The highest BCUT2D eigenvalue weighted by Crippen LogP contribution is 2.21. The third-order valence-electron chi connectivity index (χ3n) is 2.49. The maximum atomic E-state index is 11.8. The number of anilines is 1. The number of carbonyl (C=O) groups is 1. The molecule has 0 aromatic heterocycles. The number of ether oxygens (including phenoxy) is 1. The Morgan fingerprint density at radius 1 is 1.16 bits per heavy atom. The second kappa shape index (κ2) is 5.95. The summed E-state index contributed by atoms with van der Waals surface area (Å²) in [5, 5.41) is 1.05. The van der Waals surface area contributed by atoms with Gasteiger partial charge in [-0.1, -0.05) is 29.3 Å². The van der Waals surface area contributed by atoms with Gasteiger partial charge in [0.1, 0.15) is 6.61 Å². The van der Waals surface area contributed by atoms with Crippen molar-refractivity contribution in [3.05, 3.63) is 63.6 Å². The topological polar surface area (TPSA) is 52.3 Å². The zero-order valence-electron chi connectivity index (χ0n) is 9.90. The first-order chi connectivity index (χ1) is 9.06. The maximum Gasteiger partial charge on any atom is 0.338 e. The summed E-state index contributed by atoms with van der Waals surface area (Å²) in [6.45, 7) is 0.0625. The molecule has 0 unspecified atom stereocenters. The molecular weight excluding hydrogens is 285 g/mol. The monoisotopic (exact) mass is 295 g/mol. The normalized spacial score (nSPS) is 10.2. The van der Waals surface area contributed by atoms with Gasteiger partial charge < -0.3 is 10.5 Å². The fourth-order valence-corrected chi connectivity index (χ4v) is 1.91. The van der Waals surface area contributed by atoms with E-state index in [-0.39, 0.29) is 6.61 Å². The molecule has 0 amide bonds. The van der Waals surface area contributed by atoms with Crippen molar-refractivity contribution in [2.75, 3.05) is 5.73 Å². The van der Waals surface area contributed by atoms with E-state index in [1.165, 1.54) is 0 Å². The second-order valence-corrected chi connectivity index (χ2v) is 4.78. The van der Waals surface area contributed by atoms with Crippen molar-refractivity contribution in [2.45, 2.75) is 6.61 Å². The molecule has 0 spiro atoms. The predicted octanol–water partition coefficient (Wildman–Crippen LogP) is 3.93. The summed E-state index contributed by atoms with van der Waals surface area (Å²) in [5.74, 6) is -0.455. The van der Waals surface area contributed by atoms with Crippen LogP contribution >= 0.6 is 23.2 Å². The van der Waals surface area contributed by atoms with E-state index in [0.717, 1.165) is 0 Å². The average molecular weight is 296 g/mol. The number of hydrogen-bond acceptors (Lipinski definition) is 3. The Balaban J connectivity index is 2.06. The Morgan fingerprint density at radius 2 is 1.95 bits per heavy atom. The molecule has 2 aromatic rings. The molecule has 0 atom stereocenters. The van der Waals surface area contributed by atoms with Gasteiger partial charge in [0.2, 0.25) is 0 Å². The van der Waals surface area contributed by atoms with E-state index in [0.29, 0.717) is 26.9 Å². The SMILES string of the molecule is Nc1cccc(C(=O)OCc2cc(Cl)ccc2Cl)c1. The van der Waals surface area contributed by atoms with Crippen LogP contribution in [-0.4, -0.2) is 5.97 Å². The molecule has 0 fully saturated rings.